The molecule has 0 radical (unpaired) electrons. The summed E-state index contributed by atoms with van der Waals surface area (Å²) in [4.78, 5) is 23.2. The lowest BCUT2D eigenvalue weighted by Crippen LogP contribution is -2.25. The Kier molecular flexibility index (Phi) is 4.54. The highest BCUT2D eigenvalue weighted by atomic mass is 16.2. The molecule has 1 aromatic carbocycles. The second-order valence-corrected chi connectivity index (χ2v) is 3.44. The zero-order chi connectivity index (χ0) is 11.1. The van der Waals surface area contributed by atoms with Crippen LogP contribution in [-0.2, 0) is 16.1 Å². The Morgan fingerprint density at radius 2 is 2.00 bits per heavy atom. The van der Waals surface area contributed by atoms with Gasteiger partial charge in [0.1, 0.15) is 6.29 Å². The number of amides is 1. The molecule has 0 fully saturated rings. The Morgan fingerprint density at radius 3 is 2.60 bits per heavy atom. The van der Waals surface area contributed by atoms with Crippen molar-refractivity contribution in [2.75, 3.05) is 7.05 Å². The first-order chi connectivity index (χ1) is 7.24. The molecule has 0 aromatic heterocycles. The van der Waals surface area contributed by atoms with Gasteiger partial charge in [0.05, 0.1) is 0 Å². The Morgan fingerprint density at radius 1 is 1.33 bits per heavy atom. The van der Waals surface area contributed by atoms with E-state index < -0.39 is 0 Å². The molecule has 1 amide bonds. The van der Waals surface area contributed by atoms with Crippen LogP contribution in [0.4, 0.5) is 0 Å². The molecule has 0 heterocycles. The van der Waals surface area contributed by atoms with Crippen LogP contribution in [0.2, 0.25) is 0 Å². The van der Waals surface area contributed by atoms with Crippen LogP contribution in [0.15, 0.2) is 30.3 Å². The Hall–Kier alpha value is -1.64. The highest BCUT2D eigenvalue weighted by molar-refractivity contribution is 5.78. The SMILES string of the molecule is CN(Cc1ccccc1)C(=O)CCC=O. The van der Waals surface area contributed by atoms with E-state index in [4.69, 9.17) is 0 Å². The fourth-order valence-electron chi connectivity index (χ4n) is 1.32. The van der Waals surface area contributed by atoms with Gasteiger partial charge in [-0.2, -0.15) is 0 Å². The van der Waals surface area contributed by atoms with Crippen molar-refractivity contribution in [3.8, 4) is 0 Å². The van der Waals surface area contributed by atoms with Crippen molar-refractivity contribution in [3.63, 3.8) is 0 Å². The minimum absolute atomic E-state index is 0.00551. The summed E-state index contributed by atoms with van der Waals surface area (Å²) < 4.78 is 0. The van der Waals surface area contributed by atoms with Crippen LogP contribution in [0.3, 0.4) is 0 Å². The zero-order valence-corrected chi connectivity index (χ0v) is 8.85. The molecular weight excluding hydrogens is 190 g/mol. The van der Waals surface area contributed by atoms with E-state index in [1.165, 1.54) is 0 Å². The molecule has 15 heavy (non-hydrogen) atoms. The maximum absolute atomic E-state index is 11.5. The standard InChI is InChI=1S/C12H15NO2/c1-13(12(15)8-5-9-14)10-11-6-3-2-4-7-11/h2-4,6-7,9H,5,8,10H2,1H3. The maximum Gasteiger partial charge on any atom is 0.223 e. The molecule has 0 spiro atoms. The normalized spacial score (nSPS) is 9.67. The molecule has 0 unspecified atom stereocenters. The van der Waals surface area contributed by atoms with E-state index in [1.54, 1.807) is 11.9 Å². The van der Waals surface area contributed by atoms with E-state index in [1.807, 2.05) is 30.3 Å². The Bertz CT molecular complexity index is 322. The average molecular weight is 205 g/mol. The van der Waals surface area contributed by atoms with Crippen molar-refractivity contribution in [2.45, 2.75) is 19.4 Å². The molecular formula is C12H15NO2. The number of hydrogen-bond donors (Lipinski definition) is 0. The van der Waals surface area contributed by atoms with Crippen molar-refractivity contribution in [1.82, 2.24) is 4.90 Å². The zero-order valence-electron chi connectivity index (χ0n) is 8.85. The third-order valence-corrected chi connectivity index (χ3v) is 2.16. The summed E-state index contributed by atoms with van der Waals surface area (Å²) in [6.07, 6.45) is 1.37. The summed E-state index contributed by atoms with van der Waals surface area (Å²) in [6.45, 7) is 0.596. The summed E-state index contributed by atoms with van der Waals surface area (Å²) in [7, 11) is 1.75. The van der Waals surface area contributed by atoms with Crippen LogP contribution in [0.5, 0.6) is 0 Å². The lowest BCUT2D eigenvalue weighted by atomic mass is 10.2. The topological polar surface area (TPSA) is 37.4 Å². The number of nitrogens with zero attached hydrogens (tertiary/aromatic N) is 1. The number of carbonyl (C=O) groups excluding carboxylic acids is 2. The number of aldehydes is 1. The highest BCUT2D eigenvalue weighted by Gasteiger charge is 2.07. The smallest absolute Gasteiger partial charge is 0.223 e. The maximum atomic E-state index is 11.5. The highest BCUT2D eigenvalue weighted by Crippen LogP contribution is 2.04. The predicted molar refractivity (Wildman–Crippen MR) is 58.2 cm³/mol. The first kappa shape index (κ1) is 11.4. The van der Waals surface area contributed by atoms with Gasteiger partial charge in [-0.15, -0.1) is 0 Å². The molecule has 0 aliphatic carbocycles. The van der Waals surface area contributed by atoms with Crippen LogP contribution in [-0.4, -0.2) is 24.1 Å². The van der Waals surface area contributed by atoms with E-state index in [9.17, 15) is 9.59 Å². The van der Waals surface area contributed by atoms with Crippen LogP contribution in [0.1, 0.15) is 18.4 Å². The van der Waals surface area contributed by atoms with Gasteiger partial charge in [0.2, 0.25) is 5.91 Å². The van der Waals surface area contributed by atoms with E-state index in [0.717, 1.165) is 11.8 Å². The van der Waals surface area contributed by atoms with Crippen LogP contribution in [0, 0.1) is 0 Å². The Labute approximate surface area is 89.7 Å². The summed E-state index contributed by atoms with van der Waals surface area (Å²) in [5.74, 6) is 0.00551. The van der Waals surface area contributed by atoms with E-state index in [2.05, 4.69) is 0 Å². The van der Waals surface area contributed by atoms with E-state index >= 15 is 0 Å². The first-order valence-electron chi connectivity index (χ1n) is 4.95. The van der Waals surface area contributed by atoms with Crippen LogP contribution >= 0.6 is 0 Å². The summed E-state index contributed by atoms with van der Waals surface area (Å²) in [6, 6.07) is 9.78. The molecule has 0 aliphatic heterocycles. The second kappa shape index (κ2) is 5.96. The van der Waals surface area contributed by atoms with Gasteiger partial charge in [0.15, 0.2) is 0 Å². The van der Waals surface area contributed by atoms with Crippen LogP contribution in [0.25, 0.3) is 0 Å². The molecule has 0 saturated carbocycles. The molecule has 0 N–H and O–H groups in total. The molecule has 0 saturated heterocycles. The number of hydrogen-bond acceptors (Lipinski definition) is 2. The lowest BCUT2D eigenvalue weighted by Gasteiger charge is -2.16. The molecule has 0 bridgehead atoms. The molecule has 0 atom stereocenters. The fraction of sp³-hybridized carbons (Fsp3) is 0.333. The minimum Gasteiger partial charge on any atom is -0.341 e. The first-order valence-corrected chi connectivity index (χ1v) is 4.95. The van der Waals surface area contributed by atoms with Gasteiger partial charge >= 0.3 is 0 Å². The molecule has 1 rings (SSSR count). The number of rotatable bonds is 5. The second-order valence-electron chi connectivity index (χ2n) is 3.44. The average Bonchev–Trinajstić information content (AvgIpc) is 2.27. The molecule has 1 aromatic rings. The molecule has 3 nitrogen and oxygen atoms in total. The molecule has 0 aliphatic rings. The summed E-state index contributed by atoms with van der Waals surface area (Å²) in [5, 5.41) is 0. The lowest BCUT2D eigenvalue weighted by molar-refractivity contribution is -0.131. The van der Waals surface area contributed by atoms with Crippen molar-refractivity contribution < 1.29 is 9.59 Å². The number of carbonyl (C=O) groups is 2. The number of benzene rings is 1. The largest absolute Gasteiger partial charge is 0.341 e. The van der Waals surface area contributed by atoms with Crippen molar-refractivity contribution in [1.29, 1.82) is 0 Å². The summed E-state index contributed by atoms with van der Waals surface area (Å²) >= 11 is 0. The monoisotopic (exact) mass is 205 g/mol. The van der Waals surface area contributed by atoms with Crippen LogP contribution < -0.4 is 0 Å². The van der Waals surface area contributed by atoms with Gasteiger partial charge in [0.25, 0.3) is 0 Å². The van der Waals surface area contributed by atoms with E-state index in [-0.39, 0.29) is 5.91 Å². The molecule has 3 heteroatoms. The van der Waals surface area contributed by atoms with Crippen molar-refractivity contribution in [2.24, 2.45) is 0 Å². The Balaban J connectivity index is 2.45. The third-order valence-electron chi connectivity index (χ3n) is 2.16. The van der Waals surface area contributed by atoms with E-state index in [0.29, 0.717) is 19.4 Å². The van der Waals surface area contributed by atoms with Gasteiger partial charge in [0, 0.05) is 26.4 Å². The van der Waals surface area contributed by atoms with Crippen molar-refractivity contribution >= 4 is 12.2 Å². The summed E-state index contributed by atoms with van der Waals surface area (Å²) in [5.41, 5.74) is 1.10. The predicted octanol–water partition coefficient (Wildman–Crippen LogP) is 1.62. The van der Waals surface area contributed by atoms with Gasteiger partial charge in [-0.1, -0.05) is 30.3 Å². The fourth-order valence-corrected chi connectivity index (χ4v) is 1.32. The minimum atomic E-state index is 0.00551. The molecule has 80 valence electrons. The van der Waals surface area contributed by atoms with Gasteiger partial charge < -0.3 is 9.69 Å². The van der Waals surface area contributed by atoms with Gasteiger partial charge in [-0.3, -0.25) is 4.79 Å². The van der Waals surface area contributed by atoms with Gasteiger partial charge in [-0.05, 0) is 5.56 Å². The quantitative estimate of drug-likeness (QED) is 0.685. The third kappa shape index (κ3) is 3.94. The van der Waals surface area contributed by atoms with Crippen molar-refractivity contribution in [3.05, 3.63) is 35.9 Å². The van der Waals surface area contributed by atoms with Gasteiger partial charge in [-0.25, -0.2) is 0 Å².